The van der Waals surface area contributed by atoms with Gasteiger partial charge >= 0.3 is 0 Å². The molecule has 6 heteroatoms. The molecule has 0 unspecified atom stereocenters. The Labute approximate surface area is 131 Å². The van der Waals surface area contributed by atoms with Gasteiger partial charge in [-0.2, -0.15) is 5.10 Å². The number of hydrogen-bond donors (Lipinski definition) is 0. The quantitative estimate of drug-likeness (QED) is 0.854. The molecule has 0 radical (unpaired) electrons. The van der Waals surface area contributed by atoms with Crippen LogP contribution < -0.4 is 0 Å². The second-order valence-corrected chi connectivity index (χ2v) is 6.50. The summed E-state index contributed by atoms with van der Waals surface area (Å²) >= 11 is 0. The number of ether oxygens (including phenoxy) is 1. The summed E-state index contributed by atoms with van der Waals surface area (Å²) in [6, 6.07) is 0.241. The minimum atomic E-state index is 0.117. The predicted molar refractivity (Wildman–Crippen MR) is 82.6 cm³/mol. The van der Waals surface area contributed by atoms with E-state index in [1.165, 1.54) is 12.8 Å². The lowest BCUT2D eigenvalue weighted by Gasteiger charge is -2.33. The van der Waals surface area contributed by atoms with Gasteiger partial charge in [-0.15, -0.1) is 0 Å². The maximum absolute atomic E-state index is 12.4. The zero-order valence-corrected chi connectivity index (χ0v) is 13.6. The van der Waals surface area contributed by atoms with E-state index in [1.807, 2.05) is 23.4 Å². The lowest BCUT2D eigenvalue weighted by Crippen LogP contribution is -2.43. The molecule has 0 spiro atoms. The van der Waals surface area contributed by atoms with Crippen molar-refractivity contribution in [3.8, 4) is 0 Å². The van der Waals surface area contributed by atoms with E-state index in [0.29, 0.717) is 6.10 Å². The number of amides is 1. The standard InChI is InChI=1S/C16H26N4O2/c1-12-17-13(2)20(18-12)14-6-5-9-19(10-14)16(21)11-22-15-7-3-4-8-15/h14-15H,3-11H2,1-2H3/t14-/m1/s1. The van der Waals surface area contributed by atoms with Gasteiger partial charge < -0.3 is 9.64 Å². The molecule has 0 bridgehead atoms. The smallest absolute Gasteiger partial charge is 0.248 e. The van der Waals surface area contributed by atoms with Gasteiger partial charge in [-0.1, -0.05) is 12.8 Å². The summed E-state index contributed by atoms with van der Waals surface area (Å²) in [5.41, 5.74) is 0. The van der Waals surface area contributed by atoms with Crippen molar-refractivity contribution in [2.24, 2.45) is 0 Å². The van der Waals surface area contributed by atoms with Crippen molar-refractivity contribution in [3.05, 3.63) is 11.6 Å². The SMILES string of the molecule is Cc1nc(C)n([C@@H]2CCCN(C(=O)COC3CCCC3)C2)n1. The third-order valence-corrected chi connectivity index (χ3v) is 4.75. The minimum absolute atomic E-state index is 0.117. The molecule has 1 aliphatic carbocycles. The van der Waals surface area contributed by atoms with Gasteiger partial charge in [-0.05, 0) is 39.5 Å². The normalized spacial score (nSPS) is 23.2. The molecule has 1 saturated heterocycles. The molecule has 2 heterocycles. The fourth-order valence-corrected chi connectivity index (χ4v) is 3.60. The van der Waals surface area contributed by atoms with Crippen LogP contribution in [0.4, 0.5) is 0 Å². The Kier molecular flexibility index (Phi) is 4.76. The number of hydrogen-bond acceptors (Lipinski definition) is 4. The maximum Gasteiger partial charge on any atom is 0.248 e. The first-order chi connectivity index (χ1) is 10.6. The van der Waals surface area contributed by atoms with Gasteiger partial charge in [0.05, 0.1) is 12.1 Å². The summed E-state index contributed by atoms with van der Waals surface area (Å²) in [7, 11) is 0. The molecular formula is C16H26N4O2. The largest absolute Gasteiger partial charge is 0.368 e. The lowest BCUT2D eigenvalue weighted by molar-refractivity contribution is -0.139. The third-order valence-electron chi connectivity index (χ3n) is 4.75. The molecule has 1 aromatic heterocycles. The molecule has 2 aliphatic rings. The first-order valence-electron chi connectivity index (χ1n) is 8.42. The van der Waals surface area contributed by atoms with Crippen LogP contribution in [0, 0.1) is 13.8 Å². The molecule has 6 nitrogen and oxygen atoms in total. The number of piperidine rings is 1. The average Bonchev–Trinajstić information content (AvgIpc) is 3.14. The number of carbonyl (C=O) groups is 1. The van der Waals surface area contributed by atoms with Crippen molar-refractivity contribution in [2.45, 2.75) is 64.5 Å². The van der Waals surface area contributed by atoms with E-state index in [2.05, 4.69) is 10.1 Å². The highest BCUT2D eigenvalue weighted by atomic mass is 16.5. The van der Waals surface area contributed by atoms with Crippen LogP contribution in [-0.4, -0.2) is 51.4 Å². The molecule has 1 saturated carbocycles. The van der Waals surface area contributed by atoms with Crippen LogP contribution in [0.25, 0.3) is 0 Å². The van der Waals surface area contributed by atoms with Gasteiger partial charge in [0.15, 0.2) is 0 Å². The molecule has 1 aliphatic heterocycles. The van der Waals surface area contributed by atoms with Crippen LogP contribution in [0.1, 0.15) is 56.2 Å². The number of carbonyl (C=O) groups excluding carboxylic acids is 1. The van der Waals surface area contributed by atoms with Crippen LogP contribution in [0.3, 0.4) is 0 Å². The molecule has 1 amide bonds. The number of aromatic nitrogens is 3. The third kappa shape index (κ3) is 3.48. The molecule has 1 aromatic rings. The van der Waals surface area contributed by atoms with Gasteiger partial charge in [0.25, 0.3) is 0 Å². The Bertz CT molecular complexity index is 522. The predicted octanol–water partition coefficient (Wildman–Crippen LogP) is 2.02. The summed E-state index contributed by atoms with van der Waals surface area (Å²) in [5.74, 6) is 1.84. The van der Waals surface area contributed by atoms with Crippen molar-refractivity contribution in [1.29, 1.82) is 0 Å². The Morgan fingerprint density at radius 1 is 1.23 bits per heavy atom. The highest BCUT2D eigenvalue weighted by Gasteiger charge is 2.27. The molecule has 0 aromatic carbocycles. The van der Waals surface area contributed by atoms with Crippen molar-refractivity contribution in [3.63, 3.8) is 0 Å². The maximum atomic E-state index is 12.4. The number of likely N-dealkylation sites (tertiary alicyclic amines) is 1. The molecular weight excluding hydrogens is 280 g/mol. The van der Waals surface area contributed by atoms with Crippen molar-refractivity contribution >= 4 is 5.91 Å². The van der Waals surface area contributed by atoms with Crippen molar-refractivity contribution in [2.75, 3.05) is 19.7 Å². The highest BCUT2D eigenvalue weighted by molar-refractivity contribution is 5.77. The van der Waals surface area contributed by atoms with E-state index in [9.17, 15) is 4.79 Å². The fraction of sp³-hybridized carbons (Fsp3) is 0.812. The summed E-state index contributed by atoms with van der Waals surface area (Å²) < 4.78 is 7.74. The second kappa shape index (κ2) is 6.77. The Morgan fingerprint density at radius 2 is 2.00 bits per heavy atom. The van der Waals surface area contributed by atoms with Gasteiger partial charge in [0, 0.05) is 13.1 Å². The Hall–Kier alpha value is -1.43. The summed E-state index contributed by atoms with van der Waals surface area (Å²) in [4.78, 5) is 18.7. The highest BCUT2D eigenvalue weighted by Crippen LogP contribution is 2.23. The monoisotopic (exact) mass is 306 g/mol. The molecule has 3 rings (SSSR count). The summed E-state index contributed by atoms with van der Waals surface area (Å²) in [6.07, 6.45) is 7.03. The second-order valence-electron chi connectivity index (χ2n) is 6.50. The Balaban J connectivity index is 1.55. The first-order valence-corrected chi connectivity index (χ1v) is 8.42. The molecule has 2 fully saturated rings. The van der Waals surface area contributed by atoms with E-state index in [-0.39, 0.29) is 18.6 Å². The van der Waals surface area contributed by atoms with E-state index >= 15 is 0 Å². The molecule has 0 N–H and O–H groups in total. The topological polar surface area (TPSA) is 60.2 Å². The number of aryl methyl sites for hydroxylation is 2. The Morgan fingerprint density at radius 3 is 2.68 bits per heavy atom. The van der Waals surface area contributed by atoms with Gasteiger partial charge in [0.2, 0.25) is 5.91 Å². The van der Waals surface area contributed by atoms with E-state index < -0.39 is 0 Å². The number of rotatable bonds is 4. The molecule has 1 atom stereocenters. The van der Waals surface area contributed by atoms with Crippen LogP contribution in [0.15, 0.2) is 0 Å². The number of nitrogens with zero attached hydrogens (tertiary/aromatic N) is 4. The van der Waals surface area contributed by atoms with Crippen molar-refractivity contribution in [1.82, 2.24) is 19.7 Å². The fourth-order valence-electron chi connectivity index (χ4n) is 3.60. The summed E-state index contributed by atoms with van der Waals surface area (Å²) in [6.45, 7) is 5.66. The zero-order chi connectivity index (χ0) is 15.5. The van der Waals surface area contributed by atoms with Gasteiger partial charge in [0.1, 0.15) is 18.3 Å². The van der Waals surface area contributed by atoms with Crippen molar-refractivity contribution < 1.29 is 9.53 Å². The van der Waals surface area contributed by atoms with Gasteiger partial charge in [-0.25, -0.2) is 9.67 Å². The summed E-state index contributed by atoms with van der Waals surface area (Å²) in [5, 5.41) is 4.47. The van der Waals surface area contributed by atoms with Crippen LogP contribution >= 0.6 is 0 Å². The van der Waals surface area contributed by atoms with Crippen LogP contribution in [0.5, 0.6) is 0 Å². The van der Waals surface area contributed by atoms with E-state index in [1.54, 1.807) is 0 Å². The molecule has 22 heavy (non-hydrogen) atoms. The van der Waals surface area contributed by atoms with Gasteiger partial charge in [-0.3, -0.25) is 4.79 Å². The van der Waals surface area contributed by atoms with Crippen LogP contribution in [-0.2, 0) is 9.53 Å². The average molecular weight is 306 g/mol. The minimum Gasteiger partial charge on any atom is -0.368 e. The lowest BCUT2D eigenvalue weighted by atomic mass is 10.1. The first kappa shape index (κ1) is 15.5. The van der Waals surface area contributed by atoms with Crippen LogP contribution in [0.2, 0.25) is 0 Å². The van der Waals surface area contributed by atoms with E-state index in [0.717, 1.165) is 50.4 Å². The zero-order valence-electron chi connectivity index (χ0n) is 13.6. The van der Waals surface area contributed by atoms with E-state index in [4.69, 9.17) is 4.74 Å². The molecule has 122 valence electrons.